The molecule has 6 nitrogen and oxygen atoms in total. The molecule has 0 fully saturated rings. The summed E-state index contributed by atoms with van der Waals surface area (Å²) in [6.45, 7) is 6.15. The third-order valence-electron chi connectivity index (χ3n) is 1.87. The zero-order valence-electron chi connectivity index (χ0n) is 8.51. The van der Waals surface area contributed by atoms with Crippen molar-refractivity contribution < 1.29 is 14.5 Å². The van der Waals surface area contributed by atoms with Crippen molar-refractivity contribution in [1.29, 1.82) is 0 Å². The van der Waals surface area contributed by atoms with E-state index in [1.54, 1.807) is 17.9 Å². The van der Waals surface area contributed by atoms with Crippen molar-refractivity contribution in [3.05, 3.63) is 24.0 Å². The molecule has 0 bridgehead atoms. The molecule has 0 spiro atoms. The molecule has 6 heteroatoms. The lowest BCUT2D eigenvalue weighted by Gasteiger charge is -2.16. The molecule has 0 aliphatic rings. The maximum absolute atomic E-state index is 10.6. The summed E-state index contributed by atoms with van der Waals surface area (Å²) in [5.74, 6) is -0.883. The minimum Gasteiger partial charge on any atom is -0.480 e. The highest BCUT2D eigenvalue weighted by atomic mass is 16.6. The molecule has 82 valence electrons. The zero-order valence-corrected chi connectivity index (χ0v) is 8.51. The van der Waals surface area contributed by atoms with Gasteiger partial charge in [0.25, 0.3) is 0 Å². The van der Waals surface area contributed by atoms with E-state index in [2.05, 4.69) is 21.5 Å². The summed E-state index contributed by atoms with van der Waals surface area (Å²) < 4.78 is 4.53. The topological polar surface area (TPSA) is 79.5 Å². The van der Waals surface area contributed by atoms with Gasteiger partial charge in [0.05, 0.1) is 6.54 Å². The number of aryl methyl sites for hydroxylation is 1. The van der Waals surface area contributed by atoms with Crippen LogP contribution >= 0.6 is 0 Å². The molecule has 1 heterocycles. The van der Waals surface area contributed by atoms with Crippen LogP contribution < -0.4 is 0 Å². The molecule has 1 aromatic heterocycles. The number of hydrogen-bond donors (Lipinski definition) is 1. The van der Waals surface area contributed by atoms with E-state index in [0.717, 1.165) is 0 Å². The fraction of sp³-hybridized carbons (Fsp3) is 0.444. The lowest BCUT2D eigenvalue weighted by Crippen LogP contribution is -2.29. The predicted molar refractivity (Wildman–Crippen MR) is 52.1 cm³/mol. The molecular weight excluding hydrogens is 198 g/mol. The largest absolute Gasteiger partial charge is 0.480 e. The number of carboxylic acids is 1. The number of carboxylic acid groups (broad SMARTS) is 1. The Kier molecular flexibility index (Phi) is 3.99. The van der Waals surface area contributed by atoms with Crippen LogP contribution in [0.2, 0.25) is 0 Å². The molecule has 15 heavy (non-hydrogen) atoms. The summed E-state index contributed by atoms with van der Waals surface area (Å²) in [6, 6.07) is 0. The van der Waals surface area contributed by atoms with Gasteiger partial charge in [-0.15, -0.1) is 6.58 Å². The van der Waals surface area contributed by atoms with E-state index >= 15 is 0 Å². The van der Waals surface area contributed by atoms with Gasteiger partial charge in [0, 0.05) is 13.1 Å². The Labute approximate surface area is 87.1 Å². The van der Waals surface area contributed by atoms with Crippen molar-refractivity contribution in [2.45, 2.75) is 13.5 Å². The summed E-state index contributed by atoms with van der Waals surface area (Å²) in [5.41, 5.74) is 1.33. The standard InChI is InChI=1S/C9H13N3O3/c1-3-4-12(6-9(13)14)5-8-7(2)10-15-11-8/h3H,1,4-6H2,2H3,(H,13,14). The van der Waals surface area contributed by atoms with Crippen LogP contribution in [0, 0.1) is 6.92 Å². The summed E-state index contributed by atoms with van der Waals surface area (Å²) in [5, 5.41) is 16.0. The fourth-order valence-electron chi connectivity index (χ4n) is 1.16. The Bertz CT molecular complexity index is 348. The molecule has 1 aromatic rings. The maximum Gasteiger partial charge on any atom is 0.317 e. The van der Waals surface area contributed by atoms with Gasteiger partial charge >= 0.3 is 5.97 Å². The molecule has 1 rings (SSSR count). The van der Waals surface area contributed by atoms with Gasteiger partial charge in [0.2, 0.25) is 0 Å². The highest BCUT2D eigenvalue weighted by Gasteiger charge is 2.13. The van der Waals surface area contributed by atoms with Gasteiger partial charge in [0.15, 0.2) is 0 Å². The monoisotopic (exact) mass is 211 g/mol. The third kappa shape index (κ3) is 3.51. The third-order valence-corrected chi connectivity index (χ3v) is 1.87. The second kappa shape index (κ2) is 5.26. The van der Waals surface area contributed by atoms with Crippen LogP contribution in [-0.4, -0.2) is 39.4 Å². The van der Waals surface area contributed by atoms with Crippen molar-refractivity contribution in [2.75, 3.05) is 13.1 Å². The zero-order chi connectivity index (χ0) is 11.3. The molecule has 0 aliphatic carbocycles. The SMILES string of the molecule is C=CCN(CC(=O)O)Cc1nonc1C. The molecule has 0 amide bonds. The van der Waals surface area contributed by atoms with E-state index in [0.29, 0.717) is 24.5 Å². The normalized spacial score (nSPS) is 10.5. The molecule has 0 saturated carbocycles. The van der Waals surface area contributed by atoms with Crippen LogP contribution in [0.3, 0.4) is 0 Å². The first-order valence-electron chi connectivity index (χ1n) is 4.46. The molecule has 0 radical (unpaired) electrons. The first-order chi connectivity index (χ1) is 7.13. The average Bonchev–Trinajstić information content (AvgIpc) is 2.51. The smallest absolute Gasteiger partial charge is 0.317 e. The number of nitrogens with zero attached hydrogens (tertiary/aromatic N) is 3. The maximum atomic E-state index is 10.6. The minimum atomic E-state index is -0.883. The van der Waals surface area contributed by atoms with Crippen LogP contribution in [0.1, 0.15) is 11.4 Å². The minimum absolute atomic E-state index is 0.0572. The lowest BCUT2D eigenvalue weighted by atomic mass is 10.3. The predicted octanol–water partition coefficient (Wildman–Crippen LogP) is 0.451. The molecule has 0 saturated heterocycles. The number of rotatable bonds is 6. The van der Waals surface area contributed by atoms with Gasteiger partial charge in [-0.2, -0.15) is 0 Å². The Balaban J connectivity index is 2.61. The Hall–Kier alpha value is -1.69. The quantitative estimate of drug-likeness (QED) is 0.688. The molecule has 0 unspecified atom stereocenters. The first-order valence-corrected chi connectivity index (χ1v) is 4.46. The van der Waals surface area contributed by atoms with Gasteiger partial charge in [-0.05, 0) is 6.92 Å². The van der Waals surface area contributed by atoms with Crippen molar-refractivity contribution >= 4 is 5.97 Å². The van der Waals surface area contributed by atoms with E-state index in [1.165, 1.54) is 0 Å². The lowest BCUT2D eigenvalue weighted by molar-refractivity contribution is -0.138. The van der Waals surface area contributed by atoms with Gasteiger partial charge in [0.1, 0.15) is 11.4 Å². The number of carbonyl (C=O) groups is 1. The summed E-state index contributed by atoms with van der Waals surface area (Å²) in [7, 11) is 0. The highest BCUT2D eigenvalue weighted by Crippen LogP contribution is 2.05. The van der Waals surface area contributed by atoms with Gasteiger partial charge < -0.3 is 5.11 Å². The molecule has 0 atom stereocenters. The second-order valence-corrected chi connectivity index (χ2v) is 3.15. The average molecular weight is 211 g/mol. The molecule has 1 N–H and O–H groups in total. The van der Waals surface area contributed by atoms with Crippen LogP contribution in [-0.2, 0) is 11.3 Å². The van der Waals surface area contributed by atoms with Crippen molar-refractivity contribution in [3.8, 4) is 0 Å². The Morgan fingerprint density at radius 2 is 2.40 bits per heavy atom. The van der Waals surface area contributed by atoms with Crippen molar-refractivity contribution in [3.63, 3.8) is 0 Å². The van der Waals surface area contributed by atoms with E-state index in [1.807, 2.05) is 0 Å². The first kappa shape index (κ1) is 11.4. The molecule has 0 aromatic carbocycles. The number of hydrogen-bond acceptors (Lipinski definition) is 5. The summed E-state index contributed by atoms with van der Waals surface area (Å²) in [6.07, 6.45) is 1.64. The number of aliphatic carboxylic acids is 1. The van der Waals surface area contributed by atoms with Gasteiger partial charge in [-0.25, -0.2) is 4.63 Å². The van der Waals surface area contributed by atoms with Crippen LogP contribution in [0.5, 0.6) is 0 Å². The van der Waals surface area contributed by atoms with Crippen LogP contribution in [0.15, 0.2) is 17.3 Å². The Morgan fingerprint density at radius 1 is 1.67 bits per heavy atom. The molecular formula is C9H13N3O3. The van der Waals surface area contributed by atoms with Gasteiger partial charge in [-0.3, -0.25) is 9.69 Å². The highest BCUT2D eigenvalue weighted by molar-refractivity contribution is 5.69. The fourth-order valence-corrected chi connectivity index (χ4v) is 1.16. The van der Waals surface area contributed by atoms with E-state index in [-0.39, 0.29) is 6.54 Å². The van der Waals surface area contributed by atoms with Crippen molar-refractivity contribution in [2.24, 2.45) is 0 Å². The van der Waals surface area contributed by atoms with E-state index in [4.69, 9.17) is 5.11 Å². The number of aromatic nitrogens is 2. The van der Waals surface area contributed by atoms with E-state index < -0.39 is 5.97 Å². The van der Waals surface area contributed by atoms with Crippen LogP contribution in [0.4, 0.5) is 0 Å². The van der Waals surface area contributed by atoms with Crippen LogP contribution in [0.25, 0.3) is 0 Å². The molecule has 0 aliphatic heterocycles. The summed E-state index contributed by atoms with van der Waals surface area (Å²) >= 11 is 0. The van der Waals surface area contributed by atoms with Gasteiger partial charge in [-0.1, -0.05) is 16.4 Å². The second-order valence-electron chi connectivity index (χ2n) is 3.15. The Morgan fingerprint density at radius 3 is 2.87 bits per heavy atom. The van der Waals surface area contributed by atoms with E-state index in [9.17, 15) is 4.79 Å². The van der Waals surface area contributed by atoms with Crippen molar-refractivity contribution in [1.82, 2.24) is 15.2 Å². The summed E-state index contributed by atoms with van der Waals surface area (Å²) in [4.78, 5) is 12.2.